The number of piperidine rings is 1. The fraction of sp³-hybridized carbons (Fsp3) is 0.412. The molecule has 0 bridgehead atoms. The van der Waals surface area contributed by atoms with E-state index in [-0.39, 0.29) is 5.91 Å². The predicted octanol–water partition coefficient (Wildman–Crippen LogP) is 1.59. The summed E-state index contributed by atoms with van der Waals surface area (Å²) < 4.78 is 0. The maximum Gasteiger partial charge on any atom is 0.231 e. The van der Waals surface area contributed by atoms with Crippen molar-refractivity contribution < 1.29 is 4.79 Å². The number of rotatable bonds is 5. The van der Waals surface area contributed by atoms with Crippen molar-refractivity contribution in [3.05, 3.63) is 41.9 Å². The van der Waals surface area contributed by atoms with Crippen molar-refractivity contribution >= 4 is 17.7 Å². The normalized spacial score (nSPS) is 16.0. The predicted molar refractivity (Wildman–Crippen MR) is 91.9 cm³/mol. The van der Waals surface area contributed by atoms with Gasteiger partial charge < -0.3 is 11.1 Å². The molecule has 2 aromatic rings. The minimum absolute atomic E-state index is 0.271. The lowest BCUT2D eigenvalue weighted by molar-refractivity contribution is -0.119. The smallest absolute Gasteiger partial charge is 0.231 e. The number of anilines is 2. The Kier molecular flexibility index (Phi) is 5.00. The summed E-state index contributed by atoms with van der Waals surface area (Å²) in [6.45, 7) is 4.06. The van der Waals surface area contributed by atoms with Crippen LogP contribution < -0.4 is 11.1 Å². The van der Waals surface area contributed by atoms with Crippen LogP contribution in [0.2, 0.25) is 0 Å². The van der Waals surface area contributed by atoms with Gasteiger partial charge in [0.05, 0.1) is 6.54 Å². The summed E-state index contributed by atoms with van der Waals surface area (Å²) in [5.41, 5.74) is 7.39. The number of carbonyl (C=O) groups is 1. The van der Waals surface area contributed by atoms with E-state index in [0.29, 0.717) is 18.4 Å². The van der Waals surface area contributed by atoms with Crippen molar-refractivity contribution in [2.45, 2.75) is 25.7 Å². The Hall–Kier alpha value is -2.54. The first kappa shape index (κ1) is 16.3. The lowest BCUT2D eigenvalue weighted by Crippen LogP contribution is -2.39. The van der Waals surface area contributed by atoms with Gasteiger partial charge in [0.25, 0.3) is 0 Å². The Morgan fingerprint density at radius 2 is 2.08 bits per heavy atom. The molecule has 1 fully saturated rings. The van der Waals surface area contributed by atoms with Gasteiger partial charge in [0.2, 0.25) is 11.9 Å². The Morgan fingerprint density at radius 3 is 2.75 bits per heavy atom. The van der Waals surface area contributed by atoms with Gasteiger partial charge in [0, 0.05) is 24.0 Å². The monoisotopic (exact) mass is 326 g/mol. The minimum atomic E-state index is -0.271. The van der Waals surface area contributed by atoms with Crippen LogP contribution in [0.15, 0.2) is 30.6 Å². The summed E-state index contributed by atoms with van der Waals surface area (Å²) in [5, 5.41) is 3.14. The maximum atomic E-state index is 11.0. The quantitative estimate of drug-likeness (QED) is 0.866. The molecule has 1 amide bonds. The van der Waals surface area contributed by atoms with Gasteiger partial charge >= 0.3 is 0 Å². The summed E-state index contributed by atoms with van der Waals surface area (Å²) >= 11 is 0. The molecular weight excluding hydrogens is 304 g/mol. The molecule has 0 atom stereocenters. The molecule has 0 unspecified atom stereocenters. The fourth-order valence-electron chi connectivity index (χ4n) is 2.92. The van der Waals surface area contributed by atoms with E-state index in [1.807, 2.05) is 25.1 Å². The molecule has 3 N–H and O–H groups in total. The van der Waals surface area contributed by atoms with E-state index < -0.39 is 0 Å². The molecule has 2 aromatic heterocycles. The first-order valence-corrected chi connectivity index (χ1v) is 8.13. The van der Waals surface area contributed by atoms with Crippen LogP contribution >= 0.6 is 0 Å². The number of amides is 1. The second kappa shape index (κ2) is 7.35. The number of pyridine rings is 1. The van der Waals surface area contributed by atoms with Gasteiger partial charge in [-0.2, -0.15) is 0 Å². The Morgan fingerprint density at radius 1 is 1.29 bits per heavy atom. The number of nitrogens with one attached hydrogen (secondary N) is 1. The number of likely N-dealkylation sites (tertiary alicyclic amines) is 1. The van der Waals surface area contributed by atoms with Crippen molar-refractivity contribution in [1.29, 1.82) is 0 Å². The third kappa shape index (κ3) is 4.26. The molecule has 0 spiro atoms. The summed E-state index contributed by atoms with van der Waals surface area (Å²) in [7, 11) is 0. The van der Waals surface area contributed by atoms with E-state index >= 15 is 0 Å². The molecule has 0 radical (unpaired) electrons. The molecule has 24 heavy (non-hydrogen) atoms. The summed E-state index contributed by atoms with van der Waals surface area (Å²) in [4.78, 5) is 26.3. The first-order chi connectivity index (χ1) is 11.6. The molecule has 3 heterocycles. The second-order valence-corrected chi connectivity index (χ2v) is 6.17. The number of nitrogens with two attached hydrogens (primary N) is 1. The molecule has 0 aliphatic carbocycles. The highest BCUT2D eigenvalue weighted by molar-refractivity contribution is 5.75. The fourth-order valence-corrected chi connectivity index (χ4v) is 2.92. The van der Waals surface area contributed by atoms with Crippen LogP contribution in [-0.2, 0) is 4.79 Å². The van der Waals surface area contributed by atoms with Crippen LogP contribution in [0.5, 0.6) is 0 Å². The lowest BCUT2D eigenvalue weighted by atomic mass is 9.93. The Bertz CT molecular complexity index is 694. The average Bonchev–Trinajstić information content (AvgIpc) is 2.57. The van der Waals surface area contributed by atoms with Crippen LogP contribution in [-0.4, -0.2) is 45.4 Å². The molecule has 1 aliphatic rings. The van der Waals surface area contributed by atoms with Crippen molar-refractivity contribution in [2.24, 2.45) is 5.73 Å². The zero-order valence-electron chi connectivity index (χ0n) is 13.8. The molecule has 7 heteroatoms. The lowest BCUT2D eigenvalue weighted by Gasteiger charge is -2.30. The molecule has 1 aliphatic heterocycles. The van der Waals surface area contributed by atoms with Crippen LogP contribution in [0.25, 0.3) is 0 Å². The number of carbonyl (C=O) groups excluding carboxylic acids is 1. The largest absolute Gasteiger partial charge is 0.369 e. The van der Waals surface area contributed by atoms with E-state index in [1.54, 1.807) is 12.4 Å². The van der Waals surface area contributed by atoms with Crippen molar-refractivity contribution in [3.63, 3.8) is 0 Å². The highest BCUT2D eigenvalue weighted by atomic mass is 16.1. The van der Waals surface area contributed by atoms with E-state index in [0.717, 1.165) is 43.0 Å². The zero-order valence-corrected chi connectivity index (χ0v) is 13.8. The third-order valence-electron chi connectivity index (χ3n) is 4.21. The van der Waals surface area contributed by atoms with Crippen molar-refractivity contribution in [1.82, 2.24) is 19.9 Å². The molecular formula is C17H22N6O. The van der Waals surface area contributed by atoms with Crippen molar-refractivity contribution in [3.8, 4) is 0 Å². The molecule has 1 saturated heterocycles. The van der Waals surface area contributed by atoms with E-state index in [4.69, 9.17) is 5.73 Å². The molecule has 126 valence electrons. The van der Waals surface area contributed by atoms with Crippen LogP contribution in [0.4, 0.5) is 11.8 Å². The van der Waals surface area contributed by atoms with Gasteiger partial charge in [-0.1, -0.05) is 6.07 Å². The highest BCUT2D eigenvalue weighted by Crippen LogP contribution is 2.27. The van der Waals surface area contributed by atoms with Crippen molar-refractivity contribution in [2.75, 3.05) is 25.0 Å². The molecule has 0 saturated carbocycles. The number of aryl methyl sites for hydroxylation is 1. The molecule has 0 aromatic carbocycles. The SMILES string of the molecule is Cc1ccc(Nc2nccc(C3CCN(CC(N)=O)CC3)n2)nc1. The molecule has 7 nitrogen and oxygen atoms in total. The van der Waals surface area contributed by atoms with Gasteiger partial charge in [-0.3, -0.25) is 9.69 Å². The number of nitrogens with zero attached hydrogens (tertiary/aromatic N) is 4. The van der Waals surface area contributed by atoms with Gasteiger partial charge in [-0.05, 0) is 50.6 Å². The van der Waals surface area contributed by atoms with E-state index in [9.17, 15) is 4.79 Å². The van der Waals surface area contributed by atoms with Gasteiger partial charge in [0.15, 0.2) is 0 Å². The second-order valence-electron chi connectivity index (χ2n) is 6.17. The summed E-state index contributed by atoms with van der Waals surface area (Å²) in [5.74, 6) is 1.40. The van der Waals surface area contributed by atoms with E-state index in [1.165, 1.54) is 0 Å². The third-order valence-corrected chi connectivity index (χ3v) is 4.21. The summed E-state index contributed by atoms with van der Waals surface area (Å²) in [6, 6.07) is 5.86. The number of aromatic nitrogens is 3. The van der Waals surface area contributed by atoms with Crippen LogP contribution in [0.1, 0.15) is 30.0 Å². The minimum Gasteiger partial charge on any atom is -0.369 e. The standard InChI is InChI=1S/C17H22N6O/c1-12-2-3-16(20-10-12)22-17-19-7-4-14(21-17)13-5-8-23(9-6-13)11-15(18)24/h2-4,7,10,13H,5-6,8-9,11H2,1H3,(H2,18,24)(H,19,20,21,22). The van der Waals surface area contributed by atoms with Gasteiger partial charge in [-0.15, -0.1) is 0 Å². The number of hydrogen-bond acceptors (Lipinski definition) is 6. The summed E-state index contributed by atoms with van der Waals surface area (Å²) in [6.07, 6.45) is 5.51. The maximum absolute atomic E-state index is 11.0. The van der Waals surface area contributed by atoms with Gasteiger partial charge in [-0.25, -0.2) is 15.0 Å². The topological polar surface area (TPSA) is 97.0 Å². The van der Waals surface area contributed by atoms with Gasteiger partial charge in [0.1, 0.15) is 5.82 Å². The van der Waals surface area contributed by atoms with Crippen LogP contribution in [0, 0.1) is 6.92 Å². The number of primary amides is 1. The average molecular weight is 326 g/mol. The van der Waals surface area contributed by atoms with E-state index in [2.05, 4.69) is 25.2 Å². The number of hydrogen-bond donors (Lipinski definition) is 2. The highest BCUT2D eigenvalue weighted by Gasteiger charge is 2.22. The van der Waals surface area contributed by atoms with Crippen LogP contribution in [0.3, 0.4) is 0 Å². The Labute approximate surface area is 141 Å². The molecule has 3 rings (SSSR count). The zero-order chi connectivity index (χ0) is 16.9. The first-order valence-electron chi connectivity index (χ1n) is 8.13. The Balaban J connectivity index is 1.63.